The van der Waals surface area contributed by atoms with Crippen molar-refractivity contribution in [2.75, 3.05) is 44.2 Å². The minimum Gasteiger partial charge on any atom is -0.493 e. The zero-order valence-corrected chi connectivity index (χ0v) is 25.2. The Hall–Kier alpha value is -2.88. The van der Waals surface area contributed by atoms with E-state index in [1.165, 1.54) is 23.4 Å². The Morgan fingerprint density at radius 1 is 1.12 bits per heavy atom. The number of dihydropyridines is 1. The molecule has 3 heterocycles. The van der Waals surface area contributed by atoms with Gasteiger partial charge in [-0.1, -0.05) is 32.9 Å². The molecule has 3 aliphatic heterocycles. The van der Waals surface area contributed by atoms with E-state index in [4.69, 9.17) is 9.47 Å². The molecule has 7 nitrogen and oxygen atoms in total. The lowest BCUT2D eigenvalue weighted by molar-refractivity contribution is 0.0593. The molecule has 41 heavy (non-hydrogen) atoms. The van der Waals surface area contributed by atoms with Crippen molar-refractivity contribution in [3.05, 3.63) is 76.8 Å². The molecule has 5 rings (SSSR count). The fraction of sp³-hybridized carbons (Fsp3) is 0.500. The molecule has 2 aromatic carbocycles. The molecule has 9 heteroatoms. The van der Waals surface area contributed by atoms with Crippen molar-refractivity contribution < 1.29 is 22.3 Å². The van der Waals surface area contributed by atoms with Gasteiger partial charge in [-0.15, -0.1) is 0 Å². The van der Waals surface area contributed by atoms with E-state index in [0.717, 1.165) is 76.2 Å². The molecule has 0 atom stereocenters. The zero-order chi connectivity index (χ0) is 29.0. The standard InChI is InChI=1S/C32H42FN3O4S/c1-32(2,3)31-18-24(8-13-34-31)21-36-14-9-25-19-28(6-4-26(25)22-36)41(37,38)35-30-7-5-27(20-29(30)33)40-17-12-23-10-15-39-16-11-23/h4-8,18-20,23,34-35H,9-17,21-22H2,1-3H3. The maximum Gasteiger partial charge on any atom is 0.261 e. The second-order valence-corrected chi connectivity index (χ2v) is 14.0. The Labute approximate surface area is 243 Å². The van der Waals surface area contributed by atoms with E-state index in [1.54, 1.807) is 18.2 Å². The molecule has 2 N–H and O–H groups in total. The quantitative estimate of drug-likeness (QED) is 0.398. The molecule has 2 aromatic rings. The summed E-state index contributed by atoms with van der Waals surface area (Å²) in [6.45, 7) is 12.0. The summed E-state index contributed by atoms with van der Waals surface area (Å²) in [5.41, 5.74) is 4.68. The highest BCUT2D eigenvalue weighted by Crippen LogP contribution is 2.29. The number of hydrogen-bond donors (Lipinski definition) is 2. The van der Waals surface area contributed by atoms with E-state index in [9.17, 15) is 12.8 Å². The topological polar surface area (TPSA) is 79.9 Å². The van der Waals surface area contributed by atoms with Crippen LogP contribution in [0.2, 0.25) is 0 Å². The minimum absolute atomic E-state index is 0.0767. The van der Waals surface area contributed by atoms with Gasteiger partial charge in [0.2, 0.25) is 0 Å². The Morgan fingerprint density at radius 2 is 1.93 bits per heavy atom. The van der Waals surface area contributed by atoms with Crippen LogP contribution in [-0.4, -0.2) is 52.8 Å². The highest BCUT2D eigenvalue weighted by Gasteiger charge is 2.24. The molecule has 3 aliphatic rings. The molecule has 0 aliphatic carbocycles. The smallest absolute Gasteiger partial charge is 0.261 e. The van der Waals surface area contributed by atoms with Crippen LogP contribution in [0.5, 0.6) is 5.75 Å². The normalized spacial score (nSPS) is 18.6. The number of halogens is 1. The molecule has 0 unspecified atom stereocenters. The van der Waals surface area contributed by atoms with Crippen LogP contribution in [0.3, 0.4) is 0 Å². The Morgan fingerprint density at radius 3 is 2.68 bits per heavy atom. The first kappa shape index (κ1) is 29.6. The third-order valence-electron chi connectivity index (χ3n) is 8.10. The number of fused-ring (bicyclic) bond motifs is 1. The van der Waals surface area contributed by atoms with Crippen molar-refractivity contribution in [3.63, 3.8) is 0 Å². The van der Waals surface area contributed by atoms with E-state index in [-0.39, 0.29) is 16.0 Å². The molecule has 0 radical (unpaired) electrons. The van der Waals surface area contributed by atoms with Gasteiger partial charge in [0, 0.05) is 56.6 Å². The maximum atomic E-state index is 14.8. The van der Waals surface area contributed by atoms with E-state index in [2.05, 4.69) is 47.9 Å². The summed E-state index contributed by atoms with van der Waals surface area (Å²) >= 11 is 0. The van der Waals surface area contributed by atoms with Gasteiger partial charge in [-0.3, -0.25) is 9.62 Å². The lowest BCUT2D eigenvalue weighted by Gasteiger charge is -2.32. The van der Waals surface area contributed by atoms with Crippen molar-refractivity contribution in [2.24, 2.45) is 11.3 Å². The summed E-state index contributed by atoms with van der Waals surface area (Å²) in [5.74, 6) is 0.285. The first-order valence-electron chi connectivity index (χ1n) is 14.6. The number of sulfonamides is 1. The number of ether oxygens (including phenoxy) is 2. The Kier molecular flexibility index (Phi) is 9.06. The average Bonchev–Trinajstić information content (AvgIpc) is 2.94. The molecule has 1 saturated heterocycles. The second kappa shape index (κ2) is 12.5. The van der Waals surface area contributed by atoms with Crippen LogP contribution >= 0.6 is 0 Å². The number of nitrogens with one attached hydrogen (secondary N) is 2. The predicted octanol–water partition coefficient (Wildman–Crippen LogP) is 5.64. The summed E-state index contributed by atoms with van der Waals surface area (Å²) in [7, 11) is -3.95. The van der Waals surface area contributed by atoms with Crippen molar-refractivity contribution in [1.29, 1.82) is 0 Å². The fourth-order valence-corrected chi connectivity index (χ4v) is 6.70. The molecule has 0 saturated carbocycles. The molecule has 222 valence electrons. The number of hydrogen-bond acceptors (Lipinski definition) is 6. The maximum absolute atomic E-state index is 14.8. The molecule has 1 fully saturated rings. The molecular weight excluding hydrogens is 541 g/mol. The first-order valence-corrected chi connectivity index (χ1v) is 16.1. The molecule has 0 spiro atoms. The number of nitrogens with zero attached hydrogens (tertiary/aromatic N) is 1. The highest BCUT2D eigenvalue weighted by atomic mass is 32.2. The van der Waals surface area contributed by atoms with Crippen LogP contribution < -0.4 is 14.8 Å². The van der Waals surface area contributed by atoms with Crippen LogP contribution in [0.15, 0.2) is 64.7 Å². The fourth-order valence-electron chi connectivity index (χ4n) is 5.58. The van der Waals surface area contributed by atoms with Crippen LogP contribution in [0.25, 0.3) is 0 Å². The first-order chi connectivity index (χ1) is 19.6. The van der Waals surface area contributed by atoms with E-state index < -0.39 is 15.8 Å². The molecule has 0 bridgehead atoms. The summed E-state index contributed by atoms with van der Waals surface area (Å²) < 4.78 is 54.7. The van der Waals surface area contributed by atoms with Gasteiger partial charge in [0.1, 0.15) is 5.75 Å². The summed E-state index contributed by atoms with van der Waals surface area (Å²) in [6.07, 6.45) is 8.17. The predicted molar refractivity (Wildman–Crippen MR) is 160 cm³/mol. The van der Waals surface area contributed by atoms with Crippen molar-refractivity contribution in [2.45, 2.75) is 57.9 Å². The number of allylic oxidation sites excluding steroid dienone is 1. The summed E-state index contributed by atoms with van der Waals surface area (Å²) in [6, 6.07) is 9.47. The van der Waals surface area contributed by atoms with Crippen molar-refractivity contribution >= 4 is 15.7 Å². The van der Waals surface area contributed by atoms with Crippen LogP contribution in [0, 0.1) is 17.2 Å². The van der Waals surface area contributed by atoms with E-state index in [1.807, 2.05) is 6.07 Å². The lowest BCUT2D eigenvalue weighted by Crippen LogP contribution is -2.34. The SMILES string of the molecule is CC(C)(C)C1=CC(CN2CCc3cc(S(=O)(=O)Nc4ccc(OCCC5CCOCC5)cc4F)ccc3C2)=CCN1. The molecule has 0 amide bonds. The van der Waals surface area contributed by atoms with Gasteiger partial charge in [-0.25, -0.2) is 12.8 Å². The number of anilines is 1. The molecule has 0 aromatic heterocycles. The monoisotopic (exact) mass is 583 g/mol. The van der Waals surface area contributed by atoms with Gasteiger partial charge in [-0.05, 0) is 78.6 Å². The van der Waals surface area contributed by atoms with Gasteiger partial charge in [-0.2, -0.15) is 0 Å². The highest BCUT2D eigenvalue weighted by molar-refractivity contribution is 7.92. The lowest BCUT2D eigenvalue weighted by atomic mass is 9.89. The average molecular weight is 584 g/mol. The molecular formula is C32H42FN3O4S. The van der Waals surface area contributed by atoms with E-state index in [0.29, 0.717) is 18.3 Å². The summed E-state index contributed by atoms with van der Waals surface area (Å²) in [5, 5.41) is 3.48. The van der Waals surface area contributed by atoms with Crippen LogP contribution in [-0.2, 0) is 27.7 Å². The number of benzene rings is 2. The zero-order valence-electron chi connectivity index (χ0n) is 24.3. The van der Waals surface area contributed by atoms with E-state index >= 15 is 0 Å². The third kappa shape index (κ3) is 7.70. The minimum atomic E-state index is -3.95. The summed E-state index contributed by atoms with van der Waals surface area (Å²) in [4.78, 5) is 2.53. The van der Waals surface area contributed by atoms with Gasteiger partial charge >= 0.3 is 0 Å². The Balaban J connectivity index is 1.18. The third-order valence-corrected chi connectivity index (χ3v) is 9.46. The Bertz CT molecular complexity index is 1410. The van der Waals surface area contributed by atoms with Gasteiger partial charge in [0.05, 0.1) is 17.2 Å². The van der Waals surface area contributed by atoms with Gasteiger partial charge < -0.3 is 14.8 Å². The number of rotatable bonds is 9. The van der Waals surface area contributed by atoms with Crippen molar-refractivity contribution in [1.82, 2.24) is 10.2 Å². The van der Waals surface area contributed by atoms with Gasteiger partial charge in [0.15, 0.2) is 5.82 Å². The second-order valence-electron chi connectivity index (χ2n) is 12.3. The van der Waals surface area contributed by atoms with Crippen LogP contribution in [0.4, 0.5) is 10.1 Å². The van der Waals surface area contributed by atoms with Crippen LogP contribution in [0.1, 0.15) is 51.2 Å². The van der Waals surface area contributed by atoms with Crippen molar-refractivity contribution in [3.8, 4) is 5.75 Å². The van der Waals surface area contributed by atoms with Gasteiger partial charge in [0.25, 0.3) is 10.0 Å². The largest absolute Gasteiger partial charge is 0.493 e.